The smallest absolute Gasteiger partial charge is 0.227 e. The van der Waals surface area contributed by atoms with Gasteiger partial charge in [0.1, 0.15) is 5.92 Å². The predicted molar refractivity (Wildman–Crippen MR) is 49.1 cm³/mol. The first-order chi connectivity index (χ1) is 5.69. The number of primary amides is 1. The molecule has 0 bridgehead atoms. The number of nitroso groups, excluding NO2 is 1. The first kappa shape index (κ1) is 10.2. The molecule has 1 rings (SSSR count). The third-order valence-electron chi connectivity index (χ3n) is 2.97. The zero-order chi connectivity index (χ0) is 10.4. The molecule has 0 aromatic carbocycles. The third kappa shape index (κ3) is 1.34. The van der Waals surface area contributed by atoms with Gasteiger partial charge in [-0.2, -0.15) is 0 Å². The number of carbonyl (C=O) groups is 1. The van der Waals surface area contributed by atoms with Gasteiger partial charge in [-0.3, -0.25) is 4.79 Å². The second-order valence-electron chi connectivity index (χ2n) is 4.92. The van der Waals surface area contributed by atoms with E-state index in [9.17, 15) is 9.70 Å². The topological polar surface area (TPSA) is 63.2 Å². The van der Waals surface area contributed by atoms with Crippen LogP contribution in [0.4, 0.5) is 0 Å². The summed E-state index contributed by atoms with van der Waals surface area (Å²) in [6.45, 7) is 7.21. The molecule has 0 aliphatic carbocycles. The highest BCUT2D eigenvalue weighted by atomic mass is 16.3. The fourth-order valence-electron chi connectivity index (χ4n) is 2.20. The van der Waals surface area contributed by atoms with Gasteiger partial charge in [-0.15, -0.1) is 0 Å². The van der Waals surface area contributed by atoms with Gasteiger partial charge in [-0.25, -0.2) is 0 Å². The van der Waals surface area contributed by atoms with Crippen molar-refractivity contribution in [1.82, 2.24) is 0 Å². The molecule has 0 aromatic heterocycles. The van der Waals surface area contributed by atoms with Crippen molar-refractivity contribution in [1.29, 1.82) is 0 Å². The predicted octanol–water partition coefficient (Wildman–Crippen LogP) is 0.828. The van der Waals surface area contributed by atoms with E-state index in [1.165, 1.54) is 0 Å². The van der Waals surface area contributed by atoms with Crippen molar-refractivity contribution in [3.8, 4) is 0 Å². The molecule has 1 amide bonds. The van der Waals surface area contributed by atoms with Gasteiger partial charge in [-0.05, 0) is 0 Å². The average Bonchev–Trinajstić information content (AvgIpc) is 2.11. The van der Waals surface area contributed by atoms with Crippen molar-refractivity contribution in [2.24, 2.45) is 11.7 Å². The number of rotatable bonds is 1. The van der Waals surface area contributed by atoms with Gasteiger partial charge < -0.3 is 5.73 Å². The highest BCUT2D eigenvalue weighted by Crippen LogP contribution is 2.40. The SMILES string of the molecule is CC1(C)CC(C(N)=O)C(C)(C)[N+]1=O. The van der Waals surface area contributed by atoms with Crippen molar-refractivity contribution in [2.75, 3.05) is 0 Å². The molecular formula is C9H17N2O2+. The molecule has 4 heteroatoms. The maximum atomic E-state index is 11.8. The van der Waals surface area contributed by atoms with Crippen LogP contribution in [0.5, 0.6) is 0 Å². The van der Waals surface area contributed by atoms with Gasteiger partial charge in [0, 0.05) is 43.8 Å². The van der Waals surface area contributed by atoms with E-state index in [1.54, 1.807) is 13.8 Å². The van der Waals surface area contributed by atoms with Crippen molar-refractivity contribution < 1.29 is 9.55 Å². The molecular weight excluding hydrogens is 168 g/mol. The van der Waals surface area contributed by atoms with Crippen LogP contribution in [0.25, 0.3) is 0 Å². The van der Waals surface area contributed by atoms with Crippen LogP contribution in [-0.4, -0.2) is 21.7 Å². The highest BCUT2D eigenvalue weighted by Gasteiger charge is 2.62. The molecule has 4 nitrogen and oxygen atoms in total. The number of amides is 1. The Morgan fingerprint density at radius 3 is 2.00 bits per heavy atom. The molecule has 0 aromatic rings. The maximum absolute atomic E-state index is 11.8. The summed E-state index contributed by atoms with van der Waals surface area (Å²) in [7, 11) is 0. The number of hydrogen-bond acceptors (Lipinski definition) is 2. The summed E-state index contributed by atoms with van der Waals surface area (Å²) in [4.78, 5) is 22.9. The monoisotopic (exact) mass is 185 g/mol. The summed E-state index contributed by atoms with van der Waals surface area (Å²) in [5.74, 6) is -0.726. The maximum Gasteiger partial charge on any atom is 0.227 e. The molecule has 13 heavy (non-hydrogen) atoms. The average molecular weight is 185 g/mol. The van der Waals surface area contributed by atoms with Gasteiger partial charge in [0.25, 0.3) is 0 Å². The molecule has 0 saturated carbocycles. The van der Waals surface area contributed by atoms with E-state index in [-0.39, 0.29) is 11.8 Å². The van der Waals surface area contributed by atoms with Crippen LogP contribution in [0, 0.1) is 10.8 Å². The summed E-state index contributed by atoms with van der Waals surface area (Å²) >= 11 is 0. The minimum atomic E-state index is -0.671. The van der Waals surface area contributed by atoms with Crippen LogP contribution in [0.2, 0.25) is 0 Å². The third-order valence-corrected chi connectivity index (χ3v) is 2.97. The lowest BCUT2D eigenvalue weighted by atomic mass is 9.87. The number of nitrogens with zero attached hydrogens (tertiary/aromatic N) is 1. The van der Waals surface area contributed by atoms with E-state index in [2.05, 4.69) is 0 Å². The van der Waals surface area contributed by atoms with Gasteiger partial charge in [0.05, 0.1) is 0 Å². The molecule has 1 fully saturated rings. The van der Waals surface area contributed by atoms with E-state index < -0.39 is 11.1 Å². The standard InChI is InChI=1S/C9H16N2O2/c1-8(2)5-6(7(10)12)9(3,4)11(8)13/h6H,5H2,1-4H3,(H-,10,12)/p+1. The van der Waals surface area contributed by atoms with E-state index in [0.717, 1.165) is 4.76 Å². The molecule has 0 radical (unpaired) electrons. The van der Waals surface area contributed by atoms with Gasteiger partial charge >= 0.3 is 0 Å². The van der Waals surface area contributed by atoms with E-state index in [0.29, 0.717) is 6.42 Å². The number of nitrogens with two attached hydrogens (primary N) is 1. The Balaban J connectivity index is 3.08. The molecule has 2 N–H and O–H groups in total. The Bertz CT molecular complexity index is 269. The minimum Gasteiger partial charge on any atom is -0.369 e. The van der Waals surface area contributed by atoms with Gasteiger partial charge in [0.15, 0.2) is 0 Å². The normalized spacial score (nSPS) is 30.5. The lowest BCUT2D eigenvalue weighted by Crippen LogP contribution is -2.43. The fraction of sp³-hybridized carbons (Fsp3) is 0.889. The Morgan fingerprint density at radius 2 is 1.85 bits per heavy atom. The molecule has 1 saturated heterocycles. The van der Waals surface area contributed by atoms with Gasteiger partial charge in [0.2, 0.25) is 17.0 Å². The largest absolute Gasteiger partial charge is 0.369 e. The van der Waals surface area contributed by atoms with Crippen molar-refractivity contribution in [3.05, 3.63) is 4.91 Å². The first-order valence-electron chi connectivity index (χ1n) is 4.46. The Kier molecular flexibility index (Phi) is 1.97. The lowest BCUT2D eigenvalue weighted by Gasteiger charge is -2.15. The van der Waals surface area contributed by atoms with Crippen molar-refractivity contribution in [3.63, 3.8) is 0 Å². The summed E-state index contributed by atoms with van der Waals surface area (Å²) in [6, 6.07) is 0. The summed E-state index contributed by atoms with van der Waals surface area (Å²) in [6.07, 6.45) is 0.541. The number of carbonyl (C=O) groups excluding carboxylic acids is 1. The molecule has 74 valence electrons. The van der Waals surface area contributed by atoms with E-state index in [4.69, 9.17) is 5.73 Å². The molecule has 1 atom stereocenters. The van der Waals surface area contributed by atoms with Crippen LogP contribution in [0.3, 0.4) is 0 Å². The van der Waals surface area contributed by atoms with Crippen LogP contribution in [0.1, 0.15) is 34.1 Å². The molecule has 1 aliphatic rings. The molecule has 1 aliphatic heterocycles. The van der Waals surface area contributed by atoms with E-state index >= 15 is 0 Å². The first-order valence-corrected chi connectivity index (χ1v) is 4.46. The number of hydrogen-bond donors (Lipinski definition) is 1. The second-order valence-corrected chi connectivity index (χ2v) is 4.92. The summed E-state index contributed by atoms with van der Waals surface area (Å²) in [5.41, 5.74) is 4.10. The molecule has 1 unspecified atom stereocenters. The molecule has 0 spiro atoms. The quantitative estimate of drug-likeness (QED) is 0.615. The second kappa shape index (κ2) is 2.53. The van der Waals surface area contributed by atoms with Crippen molar-refractivity contribution in [2.45, 2.75) is 45.2 Å². The fourth-order valence-corrected chi connectivity index (χ4v) is 2.20. The lowest BCUT2D eigenvalue weighted by molar-refractivity contribution is -0.659. The van der Waals surface area contributed by atoms with Crippen molar-refractivity contribution >= 4 is 5.91 Å². The van der Waals surface area contributed by atoms with Crippen LogP contribution in [-0.2, 0) is 4.79 Å². The van der Waals surface area contributed by atoms with Gasteiger partial charge in [-0.1, -0.05) is 0 Å². The van der Waals surface area contributed by atoms with Crippen LogP contribution < -0.4 is 5.73 Å². The Labute approximate surface area is 78.1 Å². The minimum absolute atomic E-state index is 0.347. The Hall–Kier alpha value is -0.930. The summed E-state index contributed by atoms with van der Waals surface area (Å²) < 4.78 is 0.995. The van der Waals surface area contributed by atoms with Crippen LogP contribution in [0.15, 0.2) is 0 Å². The van der Waals surface area contributed by atoms with E-state index in [1.807, 2.05) is 13.8 Å². The molecule has 1 heterocycles. The zero-order valence-corrected chi connectivity index (χ0v) is 8.63. The van der Waals surface area contributed by atoms with Crippen LogP contribution >= 0.6 is 0 Å². The zero-order valence-electron chi connectivity index (χ0n) is 8.63. The Morgan fingerprint density at radius 1 is 1.38 bits per heavy atom. The summed E-state index contributed by atoms with van der Waals surface area (Å²) in [5, 5.41) is 0. The highest BCUT2D eigenvalue weighted by molar-refractivity contribution is 5.78.